The summed E-state index contributed by atoms with van der Waals surface area (Å²) in [5.41, 5.74) is 2.26. The first kappa shape index (κ1) is 17.2. The molecule has 1 fully saturated rings. The lowest BCUT2D eigenvalue weighted by Gasteiger charge is -2.27. The Balaban J connectivity index is 1.65. The summed E-state index contributed by atoms with van der Waals surface area (Å²) >= 11 is 0. The van der Waals surface area contributed by atoms with Crippen LogP contribution in [0.25, 0.3) is 11.1 Å². The maximum atomic E-state index is 12.4. The zero-order valence-corrected chi connectivity index (χ0v) is 13.8. The molecule has 1 aromatic carbocycles. The van der Waals surface area contributed by atoms with E-state index >= 15 is 0 Å². The van der Waals surface area contributed by atoms with Gasteiger partial charge in [-0.25, -0.2) is 0 Å². The summed E-state index contributed by atoms with van der Waals surface area (Å²) in [5.74, 6) is -1.71. The standard InChI is InChI=1S/C19H21NO5/c21-18(15-3-1-2-14(10-15)16-6-9-25-12-16)20-11-17(19(22)23)13-4-7-24-8-5-13/h1-3,6,9-10,12-13,17H,4-5,7-8,11H2,(H,20,21)(H,22,23). The molecule has 132 valence electrons. The summed E-state index contributed by atoms with van der Waals surface area (Å²) in [6, 6.07) is 8.99. The van der Waals surface area contributed by atoms with Crippen molar-refractivity contribution in [3.05, 3.63) is 48.4 Å². The number of nitrogens with one attached hydrogen (secondary N) is 1. The highest BCUT2D eigenvalue weighted by Gasteiger charge is 2.30. The Hall–Kier alpha value is -2.60. The monoisotopic (exact) mass is 343 g/mol. The molecular weight excluding hydrogens is 322 g/mol. The third-order valence-corrected chi connectivity index (χ3v) is 4.61. The van der Waals surface area contributed by atoms with Crippen LogP contribution >= 0.6 is 0 Å². The fraction of sp³-hybridized carbons (Fsp3) is 0.368. The maximum absolute atomic E-state index is 12.4. The number of aliphatic carboxylic acids is 1. The van der Waals surface area contributed by atoms with Gasteiger partial charge in [-0.05, 0) is 42.5 Å². The molecule has 0 bridgehead atoms. The van der Waals surface area contributed by atoms with Gasteiger partial charge in [0.15, 0.2) is 0 Å². The quantitative estimate of drug-likeness (QED) is 0.842. The topological polar surface area (TPSA) is 88.8 Å². The number of benzene rings is 1. The second kappa shape index (κ2) is 7.98. The predicted octanol–water partition coefficient (Wildman–Crippen LogP) is 2.80. The van der Waals surface area contributed by atoms with Gasteiger partial charge in [0.2, 0.25) is 0 Å². The lowest BCUT2D eigenvalue weighted by atomic mass is 9.86. The SMILES string of the molecule is O=C(NCC(C(=O)O)C1CCOCC1)c1cccc(-c2ccoc2)c1. The van der Waals surface area contributed by atoms with Gasteiger partial charge in [0.25, 0.3) is 5.91 Å². The minimum atomic E-state index is -0.876. The van der Waals surface area contributed by atoms with E-state index < -0.39 is 11.9 Å². The lowest BCUT2D eigenvalue weighted by Crippen LogP contribution is -2.39. The molecule has 1 saturated heterocycles. The molecule has 0 saturated carbocycles. The predicted molar refractivity (Wildman–Crippen MR) is 91.1 cm³/mol. The Bertz CT molecular complexity index is 719. The number of amides is 1. The molecule has 25 heavy (non-hydrogen) atoms. The second-order valence-corrected chi connectivity index (χ2v) is 6.20. The highest BCUT2D eigenvalue weighted by molar-refractivity contribution is 5.95. The molecule has 0 radical (unpaired) electrons. The molecule has 1 aliphatic rings. The highest BCUT2D eigenvalue weighted by Crippen LogP contribution is 2.24. The van der Waals surface area contributed by atoms with E-state index in [-0.39, 0.29) is 18.4 Å². The molecule has 0 aliphatic carbocycles. The number of ether oxygens (including phenoxy) is 1. The van der Waals surface area contributed by atoms with Gasteiger partial charge in [0, 0.05) is 30.9 Å². The van der Waals surface area contributed by atoms with E-state index in [0.29, 0.717) is 31.6 Å². The van der Waals surface area contributed by atoms with Crippen molar-refractivity contribution in [1.29, 1.82) is 0 Å². The lowest BCUT2D eigenvalue weighted by molar-refractivity contribution is -0.144. The van der Waals surface area contributed by atoms with Gasteiger partial charge in [0.1, 0.15) is 0 Å². The van der Waals surface area contributed by atoms with E-state index in [1.807, 2.05) is 12.1 Å². The zero-order chi connectivity index (χ0) is 17.6. The van der Waals surface area contributed by atoms with Crippen LogP contribution < -0.4 is 5.32 Å². The molecule has 1 unspecified atom stereocenters. The number of hydrogen-bond donors (Lipinski definition) is 2. The Labute approximate surface area is 145 Å². The van der Waals surface area contributed by atoms with Crippen LogP contribution in [0.3, 0.4) is 0 Å². The molecular formula is C19H21NO5. The zero-order valence-electron chi connectivity index (χ0n) is 13.8. The van der Waals surface area contributed by atoms with Crippen molar-refractivity contribution >= 4 is 11.9 Å². The number of carboxylic acid groups (broad SMARTS) is 1. The number of rotatable bonds is 6. The average Bonchev–Trinajstić information content (AvgIpc) is 3.17. The van der Waals surface area contributed by atoms with Crippen molar-refractivity contribution in [2.75, 3.05) is 19.8 Å². The number of furan rings is 1. The van der Waals surface area contributed by atoms with E-state index in [4.69, 9.17) is 9.15 Å². The van der Waals surface area contributed by atoms with Crippen LogP contribution in [-0.2, 0) is 9.53 Å². The van der Waals surface area contributed by atoms with Crippen LogP contribution in [0.1, 0.15) is 23.2 Å². The van der Waals surface area contributed by atoms with Gasteiger partial charge >= 0.3 is 5.97 Å². The number of carbonyl (C=O) groups excluding carboxylic acids is 1. The molecule has 0 spiro atoms. The summed E-state index contributed by atoms with van der Waals surface area (Å²) in [4.78, 5) is 24.0. The Morgan fingerprint density at radius 2 is 2.00 bits per heavy atom. The maximum Gasteiger partial charge on any atom is 0.308 e. The van der Waals surface area contributed by atoms with E-state index in [9.17, 15) is 14.7 Å². The summed E-state index contributed by atoms with van der Waals surface area (Å²) < 4.78 is 10.4. The summed E-state index contributed by atoms with van der Waals surface area (Å²) in [5, 5.41) is 12.2. The van der Waals surface area contributed by atoms with Gasteiger partial charge in [-0.3, -0.25) is 9.59 Å². The number of carbonyl (C=O) groups is 2. The average molecular weight is 343 g/mol. The highest BCUT2D eigenvalue weighted by atomic mass is 16.5. The first-order valence-electron chi connectivity index (χ1n) is 8.36. The van der Waals surface area contributed by atoms with Gasteiger partial charge < -0.3 is 19.6 Å². The fourth-order valence-electron chi connectivity index (χ4n) is 3.15. The Morgan fingerprint density at radius 3 is 2.68 bits per heavy atom. The molecule has 2 aromatic rings. The van der Waals surface area contributed by atoms with Crippen molar-refractivity contribution < 1.29 is 23.8 Å². The minimum absolute atomic E-state index is 0.0313. The van der Waals surface area contributed by atoms with Gasteiger partial charge in [-0.2, -0.15) is 0 Å². The van der Waals surface area contributed by atoms with E-state index in [1.165, 1.54) is 0 Å². The van der Waals surface area contributed by atoms with Crippen molar-refractivity contribution in [3.63, 3.8) is 0 Å². The van der Waals surface area contributed by atoms with Crippen LogP contribution in [0, 0.1) is 11.8 Å². The van der Waals surface area contributed by atoms with Crippen LogP contribution in [0.5, 0.6) is 0 Å². The smallest absolute Gasteiger partial charge is 0.308 e. The van der Waals surface area contributed by atoms with E-state index in [2.05, 4.69) is 5.32 Å². The van der Waals surface area contributed by atoms with Crippen LogP contribution in [-0.4, -0.2) is 36.7 Å². The third-order valence-electron chi connectivity index (χ3n) is 4.61. The van der Waals surface area contributed by atoms with Crippen molar-refractivity contribution in [2.45, 2.75) is 12.8 Å². The Kier molecular flexibility index (Phi) is 5.50. The molecule has 6 heteroatoms. The summed E-state index contributed by atoms with van der Waals surface area (Å²) in [6.45, 7) is 1.28. The molecule has 2 heterocycles. The normalized spacial score (nSPS) is 16.3. The molecule has 1 aromatic heterocycles. The van der Waals surface area contributed by atoms with Gasteiger partial charge in [-0.15, -0.1) is 0 Å². The first-order chi connectivity index (χ1) is 12.1. The van der Waals surface area contributed by atoms with Crippen molar-refractivity contribution in [1.82, 2.24) is 5.32 Å². The second-order valence-electron chi connectivity index (χ2n) is 6.20. The fourth-order valence-corrected chi connectivity index (χ4v) is 3.15. The Morgan fingerprint density at radius 1 is 1.20 bits per heavy atom. The number of carboxylic acids is 1. The summed E-state index contributed by atoms with van der Waals surface area (Å²) in [7, 11) is 0. The van der Waals surface area contributed by atoms with Gasteiger partial charge in [0.05, 0.1) is 18.4 Å². The van der Waals surface area contributed by atoms with Crippen LogP contribution in [0.2, 0.25) is 0 Å². The molecule has 1 atom stereocenters. The van der Waals surface area contributed by atoms with Crippen molar-refractivity contribution in [3.8, 4) is 11.1 Å². The van der Waals surface area contributed by atoms with E-state index in [0.717, 1.165) is 11.1 Å². The third kappa shape index (κ3) is 4.28. The summed E-state index contributed by atoms with van der Waals surface area (Å²) in [6.07, 6.45) is 4.61. The van der Waals surface area contributed by atoms with Gasteiger partial charge in [-0.1, -0.05) is 12.1 Å². The minimum Gasteiger partial charge on any atom is -0.481 e. The number of hydrogen-bond acceptors (Lipinski definition) is 4. The molecule has 2 N–H and O–H groups in total. The molecule has 3 rings (SSSR count). The molecule has 1 amide bonds. The largest absolute Gasteiger partial charge is 0.481 e. The first-order valence-corrected chi connectivity index (χ1v) is 8.36. The molecule has 1 aliphatic heterocycles. The van der Waals surface area contributed by atoms with Crippen LogP contribution in [0.4, 0.5) is 0 Å². The van der Waals surface area contributed by atoms with Crippen LogP contribution in [0.15, 0.2) is 47.3 Å². The molecule has 6 nitrogen and oxygen atoms in total. The van der Waals surface area contributed by atoms with Crippen molar-refractivity contribution in [2.24, 2.45) is 11.8 Å². The van der Waals surface area contributed by atoms with E-state index in [1.54, 1.807) is 30.7 Å².